The minimum absolute atomic E-state index is 0.167. The van der Waals surface area contributed by atoms with Gasteiger partial charge < -0.3 is 20.7 Å². The van der Waals surface area contributed by atoms with Crippen molar-refractivity contribution in [3.05, 3.63) is 66.0 Å². The molecule has 3 N–H and O–H groups in total. The summed E-state index contributed by atoms with van der Waals surface area (Å²) in [4.78, 5) is 8.08. The number of alkyl halides is 3. The molecule has 0 aliphatic carbocycles. The van der Waals surface area contributed by atoms with Gasteiger partial charge in [-0.25, -0.2) is 9.97 Å². The lowest BCUT2D eigenvalue weighted by Crippen LogP contribution is -2.20. The number of aryl methyl sites for hydroxylation is 1. The summed E-state index contributed by atoms with van der Waals surface area (Å²) in [5, 5.41) is 8.81. The molecule has 0 fully saturated rings. The molecule has 0 aliphatic rings. The standard InChI is InChI=1S/C20H18F3N5OS/c1-12-8-15(29-18-10-17(24-2)25-11-26-18)6-7-16(12)28-19(30)27-14-5-3-4-13(9-14)20(21,22)23/h3-11H,1-2H3,(H,24,25,26)(H2,27,28,30). The van der Waals surface area contributed by atoms with Crippen molar-refractivity contribution < 1.29 is 17.9 Å². The number of hydrogen-bond acceptors (Lipinski definition) is 5. The maximum absolute atomic E-state index is 12.8. The first-order valence-corrected chi connectivity index (χ1v) is 9.19. The van der Waals surface area contributed by atoms with Crippen LogP contribution >= 0.6 is 12.2 Å². The summed E-state index contributed by atoms with van der Waals surface area (Å²) in [7, 11) is 1.74. The average Bonchev–Trinajstić information content (AvgIpc) is 2.70. The first-order chi connectivity index (χ1) is 14.2. The van der Waals surface area contributed by atoms with Gasteiger partial charge in [-0.1, -0.05) is 6.07 Å². The zero-order valence-corrected chi connectivity index (χ0v) is 16.9. The summed E-state index contributed by atoms with van der Waals surface area (Å²) >= 11 is 5.22. The number of nitrogens with one attached hydrogen (secondary N) is 3. The Labute approximate surface area is 176 Å². The molecule has 2 aromatic carbocycles. The average molecular weight is 433 g/mol. The molecule has 30 heavy (non-hydrogen) atoms. The summed E-state index contributed by atoms with van der Waals surface area (Å²) < 4.78 is 44.3. The highest BCUT2D eigenvalue weighted by Gasteiger charge is 2.30. The third-order valence-electron chi connectivity index (χ3n) is 4.01. The van der Waals surface area contributed by atoms with E-state index in [1.54, 1.807) is 31.3 Å². The van der Waals surface area contributed by atoms with E-state index in [0.717, 1.165) is 17.7 Å². The molecule has 0 saturated carbocycles. The third kappa shape index (κ3) is 5.57. The highest BCUT2D eigenvalue weighted by atomic mass is 32.1. The number of benzene rings is 2. The van der Waals surface area contributed by atoms with Crippen molar-refractivity contribution in [2.75, 3.05) is 23.0 Å². The Morgan fingerprint density at radius 2 is 1.83 bits per heavy atom. The van der Waals surface area contributed by atoms with Crippen LogP contribution < -0.4 is 20.7 Å². The molecule has 6 nitrogen and oxygen atoms in total. The Hall–Kier alpha value is -3.40. The minimum Gasteiger partial charge on any atom is -0.439 e. The van der Waals surface area contributed by atoms with E-state index in [4.69, 9.17) is 17.0 Å². The summed E-state index contributed by atoms with van der Waals surface area (Å²) in [6.45, 7) is 1.85. The monoisotopic (exact) mass is 433 g/mol. The van der Waals surface area contributed by atoms with Crippen LogP contribution in [0.5, 0.6) is 11.6 Å². The first-order valence-electron chi connectivity index (χ1n) is 8.78. The summed E-state index contributed by atoms with van der Waals surface area (Å²) in [5.74, 6) is 1.58. The summed E-state index contributed by atoms with van der Waals surface area (Å²) in [5.41, 5.74) is 0.997. The number of ether oxygens (including phenoxy) is 1. The van der Waals surface area contributed by atoms with Crippen molar-refractivity contribution in [3.63, 3.8) is 0 Å². The van der Waals surface area contributed by atoms with Gasteiger partial charge in [-0.2, -0.15) is 13.2 Å². The molecule has 0 radical (unpaired) electrons. The van der Waals surface area contributed by atoms with E-state index in [2.05, 4.69) is 25.9 Å². The largest absolute Gasteiger partial charge is 0.439 e. The number of halogens is 3. The van der Waals surface area contributed by atoms with Crippen LogP contribution in [0.4, 0.5) is 30.4 Å². The number of rotatable bonds is 5. The van der Waals surface area contributed by atoms with Gasteiger partial charge in [0.05, 0.1) is 5.56 Å². The Bertz CT molecular complexity index is 1060. The fraction of sp³-hybridized carbons (Fsp3) is 0.150. The molecule has 0 unspecified atom stereocenters. The van der Waals surface area contributed by atoms with Crippen molar-refractivity contribution in [1.29, 1.82) is 0 Å². The lowest BCUT2D eigenvalue weighted by Gasteiger charge is -2.15. The van der Waals surface area contributed by atoms with Crippen LogP contribution in [0, 0.1) is 6.92 Å². The van der Waals surface area contributed by atoms with Gasteiger partial charge >= 0.3 is 6.18 Å². The lowest BCUT2D eigenvalue weighted by atomic mass is 10.2. The molecule has 3 rings (SSSR count). The molecule has 0 saturated heterocycles. The molecule has 0 amide bonds. The van der Waals surface area contributed by atoms with E-state index in [9.17, 15) is 13.2 Å². The molecule has 0 aliphatic heterocycles. The molecule has 0 bridgehead atoms. The van der Waals surface area contributed by atoms with Gasteiger partial charge in [0.25, 0.3) is 0 Å². The van der Waals surface area contributed by atoms with Crippen LogP contribution in [0.3, 0.4) is 0 Å². The second kappa shape index (κ2) is 8.95. The Balaban J connectivity index is 1.66. The van der Waals surface area contributed by atoms with Crippen LogP contribution in [0.25, 0.3) is 0 Å². The van der Waals surface area contributed by atoms with E-state index < -0.39 is 11.7 Å². The van der Waals surface area contributed by atoms with Gasteiger partial charge in [0.1, 0.15) is 17.9 Å². The van der Waals surface area contributed by atoms with E-state index in [1.165, 1.54) is 18.5 Å². The van der Waals surface area contributed by atoms with Gasteiger partial charge in [0.2, 0.25) is 5.88 Å². The second-order valence-corrected chi connectivity index (χ2v) is 6.64. The van der Waals surface area contributed by atoms with Crippen molar-refractivity contribution in [3.8, 4) is 11.6 Å². The highest BCUT2D eigenvalue weighted by Crippen LogP contribution is 2.31. The van der Waals surface area contributed by atoms with Gasteiger partial charge in [0, 0.05) is 24.5 Å². The number of hydrogen-bond donors (Lipinski definition) is 3. The molecule has 0 spiro atoms. The van der Waals surface area contributed by atoms with E-state index in [-0.39, 0.29) is 10.8 Å². The molecule has 1 aromatic heterocycles. The molecule has 3 aromatic rings. The maximum Gasteiger partial charge on any atom is 0.416 e. The van der Waals surface area contributed by atoms with Crippen molar-refractivity contribution in [1.82, 2.24) is 9.97 Å². The van der Waals surface area contributed by atoms with Crippen molar-refractivity contribution in [2.45, 2.75) is 13.1 Å². The Morgan fingerprint density at radius 1 is 1.03 bits per heavy atom. The maximum atomic E-state index is 12.8. The summed E-state index contributed by atoms with van der Waals surface area (Å²) in [6, 6.07) is 11.8. The zero-order chi connectivity index (χ0) is 21.7. The second-order valence-electron chi connectivity index (χ2n) is 6.23. The topological polar surface area (TPSA) is 71.1 Å². The zero-order valence-electron chi connectivity index (χ0n) is 16.0. The number of aromatic nitrogens is 2. The predicted molar refractivity (Wildman–Crippen MR) is 114 cm³/mol. The molecule has 10 heteroatoms. The van der Waals surface area contributed by atoms with E-state index in [0.29, 0.717) is 23.1 Å². The summed E-state index contributed by atoms with van der Waals surface area (Å²) in [6.07, 6.45) is -3.03. The molecule has 1 heterocycles. The smallest absolute Gasteiger partial charge is 0.416 e. The van der Waals surface area contributed by atoms with Crippen LogP contribution in [-0.4, -0.2) is 22.1 Å². The first kappa shape index (κ1) is 21.3. The van der Waals surface area contributed by atoms with Crippen LogP contribution in [0.1, 0.15) is 11.1 Å². The predicted octanol–water partition coefficient (Wildman–Crippen LogP) is 5.45. The number of thiocarbonyl (C=S) groups is 1. The fourth-order valence-corrected chi connectivity index (χ4v) is 2.78. The normalized spacial score (nSPS) is 11.0. The van der Waals surface area contributed by atoms with Crippen LogP contribution in [0.15, 0.2) is 54.9 Å². The molecule has 0 atom stereocenters. The van der Waals surface area contributed by atoms with Crippen molar-refractivity contribution in [2.24, 2.45) is 0 Å². The highest BCUT2D eigenvalue weighted by molar-refractivity contribution is 7.80. The third-order valence-corrected chi connectivity index (χ3v) is 4.22. The van der Waals surface area contributed by atoms with Gasteiger partial charge in [0.15, 0.2) is 5.11 Å². The Morgan fingerprint density at radius 3 is 2.53 bits per heavy atom. The fourth-order valence-electron chi connectivity index (χ4n) is 2.55. The number of anilines is 3. The SMILES string of the molecule is CNc1cc(Oc2ccc(NC(=S)Nc3cccc(C(F)(F)F)c3)c(C)c2)ncn1. The van der Waals surface area contributed by atoms with E-state index in [1.807, 2.05) is 6.92 Å². The van der Waals surface area contributed by atoms with Gasteiger partial charge in [-0.3, -0.25) is 0 Å². The molecule has 156 valence electrons. The van der Waals surface area contributed by atoms with Crippen LogP contribution in [-0.2, 0) is 6.18 Å². The quantitative estimate of drug-likeness (QED) is 0.463. The lowest BCUT2D eigenvalue weighted by molar-refractivity contribution is -0.137. The minimum atomic E-state index is -4.42. The Kier molecular flexibility index (Phi) is 6.36. The molecular weight excluding hydrogens is 415 g/mol. The molecular formula is C20H18F3N5OS. The number of nitrogens with zero attached hydrogens (tertiary/aromatic N) is 2. The van der Waals surface area contributed by atoms with E-state index >= 15 is 0 Å². The van der Waals surface area contributed by atoms with Gasteiger partial charge in [-0.15, -0.1) is 0 Å². The van der Waals surface area contributed by atoms with Crippen molar-refractivity contribution >= 4 is 34.5 Å². The van der Waals surface area contributed by atoms with Gasteiger partial charge in [-0.05, 0) is 61.1 Å². The van der Waals surface area contributed by atoms with Crippen LogP contribution in [0.2, 0.25) is 0 Å².